The third-order valence-corrected chi connectivity index (χ3v) is 4.86. The van der Waals surface area contributed by atoms with Crippen LogP contribution in [-0.2, 0) is 0 Å². The fourth-order valence-electron chi connectivity index (χ4n) is 3.02. The number of hydrogen-bond donors (Lipinski definition) is 0. The van der Waals surface area contributed by atoms with Crippen molar-refractivity contribution in [3.8, 4) is 0 Å². The van der Waals surface area contributed by atoms with Crippen molar-refractivity contribution < 1.29 is 8.78 Å². The monoisotopic (exact) mass is 316 g/mol. The maximum Gasteiger partial charge on any atom is 0.126 e. The Labute approximate surface area is 138 Å². The zero-order valence-electron chi connectivity index (χ0n) is 14.7. The largest absolute Gasteiger partial charge is 0.207 e. The maximum absolute atomic E-state index is 14.2. The summed E-state index contributed by atoms with van der Waals surface area (Å²) in [4.78, 5) is 0. The molecule has 2 aromatic carbocycles. The number of aryl methyl sites for hydroxylation is 3. The molecule has 0 saturated heterocycles. The van der Waals surface area contributed by atoms with E-state index in [0.29, 0.717) is 0 Å². The summed E-state index contributed by atoms with van der Waals surface area (Å²) < 4.78 is 28.2. The van der Waals surface area contributed by atoms with Gasteiger partial charge in [0.2, 0.25) is 0 Å². The predicted octanol–water partition coefficient (Wildman–Crippen LogP) is 6.58. The second kappa shape index (κ2) is 7.25. The highest BCUT2D eigenvalue weighted by Gasteiger charge is 2.16. The van der Waals surface area contributed by atoms with Gasteiger partial charge in [0.25, 0.3) is 0 Å². The van der Waals surface area contributed by atoms with E-state index in [1.54, 1.807) is 12.1 Å². The summed E-state index contributed by atoms with van der Waals surface area (Å²) in [7, 11) is 0. The van der Waals surface area contributed by atoms with Crippen LogP contribution in [0.15, 0.2) is 30.3 Å². The van der Waals surface area contributed by atoms with Gasteiger partial charge in [0.05, 0.1) is 0 Å². The van der Waals surface area contributed by atoms with Gasteiger partial charge in [0, 0.05) is 0 Å². The summed E-state index contributed by atoms with van der Waals surface area (Å²) in [5, 5.41) is 0. The van der Waals surface area contributed by atoms with Crippen molar-refractivity contribution in [2.75, 3.05) is 0 Å². The number of benzene rings is 2. The Bertz CT molecular complexity index is 688. The molecule has 23 heavy (non-hydrogen) atoms. The molecule has 0 saturated carbocycles. The normalized spacial score (nSPS) is 13.9. The lowest BCUT2D eigenvalue weighted by molar-refractivity contribution is 0.520. The first-order valence-corrected chi connectivity index (χ1v) is 8.32. The molecule has 2 rings (SSSR count). The van der Waals surface area contributed by atoms with Crippen LogP contribution >= 0.6 is 0 Å². The minimum Gasteiger partial charge on any atom is -0.207 e. The van der Waals surface area contributed by atoms with Crippen LogP contribution in [0.5, 0.6) is 0 Å². The Morgan fingerprint density at radius 2 is 1.26 bits per heavy atom. The summed E-state index contributed by atoms with van der Waals surface area (Å²) in [6.45, 7) is 9.91. The van der Waals surface area contributed by atoms with Gasteiger partial charge in [-0.2, -0.15) is 0 Å². The zero-order valence-corrected chi connectivity index (χ0v) is 14.7. The number of hydrogen-bond acceptors (Lipinski definition) is 0. The van der Waals surface area contributed by atoms with Crippen LogP contribution in [0.3, 0.4) is 0 Å². The van der Waals surface area contributed by atoms with Crippen molar-refractivity contribution >= 4 is 0 Å². The lowest BCUT2D eigenvalue weighted by atomic mass is 9.87. The van der Waals surface area contributed by atoms with Gasteiger partial charge >= 0.3 is 0 Å². The molecule has 0 N–H and O–H groups in total. The summed E-state index contributed by atoms with van der Waals surface area (Å²) in [6.07, 6.45) is 1.68. The lowest BCUT2D eigenvalue weighted by Gasteiger charge is -2.18. The van der Waals surface area contributed by atoms with Gasteiger partial charge in [-0.3, -0.25) is 0 Å². The Balaban J connectivity index is 2.06. The van der Waals surface area contributed by atoms with E-state index in [1.165, 1.54) is 0 Å². The molecule has 124 valence electrons. The fourth-order valence-corrected chi connectivity index (χ4v) is 3.02. The van der Waals surface area contributed by atoms with Crippen LogP contribution in [-0.4, -0.2) is 0 Å². The predicted molar refractivity (Wildman–Crippen MR) is 93.1 cm³/mol. The molecule has 0 radical (unpaired) electrons. The van der Waals surface area contributed by atoms with Crippen LogP contribution in [0.4, 0.5) is 8.78 Å². The Morgan fingerprint density at radius 3 is 1.87 bits per heavy atom. The molecule has 0 fully saturated rings. The Hall–Kier alpha value is -1.70. The van der Waals surface area contributed by atoms with Gasteiger partial charge in [-0.1, -0.05) is 32.0 Å². The molecule has 2 aromatic rings. The molecule has 0 aliphatic heterocycles. The number of rotatable bonds is 5. The van der Waals surface area contributed by atoms with Crippen molar-refractivity contribution in [1.29, 1.82) is 0 Å². The highest BCUT2D eigenvalue weighted by Crippen LogP contribution is 2.31. The molecule has 0 spiro atoms. The summed E-state index contributed by atoms with van der Waals surface area (Å²) in [5.74, 6) is -0.00444. The van der Waals surface area contributed by atoms with Crippen molar-refractivity contribution in [3.05, 3.63) is 69.8 Å². The van der Waals surface area contributed by atoms with E-state index in [2.05, 4.69) is 0 Å². The molecular formula is C21H26F2. The summed E-state index contributed by atoms with van der Waals surface area (Å²) in [6, 6.07) is 8.97. The third-order valence-electron chi connectivity index (χ3n) is 4.86. The fraction of sp³-hybridized carbons (Fsp3) is 0.429. The zero-order chi connectivity index (χ0) is 17.1. The highest BCUT2D eigenvalue weighted by atomic mass is 19.1. The summed E-state index contributed by atoms with van der Waals surface area (Å²) >= 11 is 0. The topological polar surface area (TPSA) is 0 Å². The first kappa shape index (κ1) is 17.7. The first-order chi connectivity index (χ1) is 10.8. The minimum atomic E-state index is -0.137. The van der Waals surface area contributed by atoms with Crippen LogP contribution in [0.1, 0.15) is 66.3 Å². The molecule has 0 aliphatic carbocycles. The van der Waals surface area contributed by atoms with E-state index >= 15 is 0 Å². The minimum absolute atomic E-state index is 0.130. The molecule has 2 heteroatoms. The molecule has 0 heterocycles. The van der Waals surface area contributed by atoms with Crippen LogP contribution in [0.2, 0.25) is 0 Å². The van der Waals surface area contributed by atoms with Gasteiger partial charge < -0.3 is 0 Å². The molecule has 2 atom stereocenters. The average Bonchev–Trinajstić information content (AvgIpc) is 2.48. The molecule has 0 aromatic heterocycles. The lowest BCUT2D eigenvalue weighted by Crippen LogP contribution is -2.04. The number of halogens is 2. The molecular weight excluding hydrogens is 290 g/mol. The van der Waals surface area contributed by atoms with E-state index in [4.69, 9.17) is 0 Å². The van der Waals surface area contributed by atoms with E-state index in [1.807, 2.05) is 52.8 Å². The van der Waals surface area contributed by atoms with E-state index < -0.39 is 0 Å². The summed E-state index contributed by atoms with van der Waals surface area (Å²) in [5.41, 5.74) is 4.55. The molecule has 0 aliphatic rings. The van der Waals surface area contributed by atoms with Crippen molar-refractivity contribution in [3.63, 3.8) is 0 Å². The van der Waals surface area contributed by atoms with Crippen LogP contribution in [0.25, 0.3) is 0 Å². The SMILES string of the molecule is Cc1ccc([C@H](C)CCC(C)c2cc(C)c(C)cc2F)c(F)c1. The van der Waals surface area contributed by atoms with Crippen molar-refractivity contribution in [1.82, 2.24) is 0 Å². The van der Waals surface area contributed by atoms with E-state index in [0.717, 1.165) is 40.7 Å². The van der Waals surface area contributed by atoms with Gasteiger partial charge in [-0.25, -0.2) is 8.78 Å². The van der Waals surface area contributed by atoms with E-state index in [-0.39, 0.29) is 23.5 Å². The standard InChI is InChI=1S/C21H26F2/c1-13-6-9-18(20(22)10-13)14(2)7-8-15(3)19-11-16(4)17(5)12-21(19)23/h6,9-12,14-15H,7-8H2,1-5H3/t14-,15?/m1/s1. The maximum atomic E-state index is 14.2. The third kappa shape index (κ3) is 4.19. The molecule has 1 unspecified atom stereocenters. The molecule has 0 nitrogen and oxygen atoms in total. The first-order valence-electron chi connectivity index (χ1n) is 8.32. The quantitative estimate of drug-likeness (QED) is 0.584. The molecule has 0 amide bonds. The molecule has 0 bridgehead atoms. The second-order valence-corrected chi connectivity index (χ2v) is 6.86. The second-order valence-electron chi connectivity index (χ2n) is 6.86. The highest BCUT2D eigenvalue weighted by molar-refractivity contribution is 5.33. The van der Waals surface area contributed by atoms with Gasteiger partial charge in [0.1, 0.15) is 11.6 Å². The van der Waals surface area contributed by atoms with Gasteiger partial charge in [-0.15, -0.1) is 0 Å². The van der Waals surface area contributed by atoms with Crippen LogP contribution in [0, 0.1) is 32.4 Å². The Morgan fingerprint density at radius 1 is 0.739 bits per heavy atom. The van der Waals surface area contributed by atoms with Gasteiger partial charge in [0.15, 0.2) is 0 Å². The van der Waals surface area contributed by atoms with E-state index in [9.17, 15) is 8.78 Å². The van der Waals surface area contributed by atoms with Gasteiger partial charge in [-0.05, 0) is 85.4 Å². The Kier molecular flexibility index (Phi) is 5.56. The van der Waals surface area contributed by atoms with Crippen molar-refractivity contribution in [2.45, 2.75) is 59.3 Å². The van der Waals surface area contributed by atoms with Crippen LogP contribution < -0.4 is 0 Å². The average molecular weight is 316 g/mol. The van der Waals surface area contributed by atoms with Crippen molar-refractivity contribution in [2.24, 2.45) is 0 Å². The smallest absolute Gasteiger partial charge is 0.126 e.